The third-order valence-corrected chi connectivity index (χ3v) is 3.19. The molecule has 0 aromatic heterocycles. The fraction of sp³-hybridized carbons (Fsp3) is 0.462. The van der Waals surface area contributed by atoms with Gasteiger partial charge in [0.1, 0.15) is 12.4 Å². The van der Waals surface area contributed by atoms with Gasteiger partial charge in [-0.1, -0.05) is 18.1 Å². The first-order valence-corrected chi connectivity index (χ1v) is 7.32. The second kappa shape index (κ2) is 8.66. The topological polar surface area (TPSA) is 77.1 Å². The molecule has 1 rings (SSSR count). The minimum atomic E-state index is 0.0504. The van der Waals surface area contributed by atoms with Crippen LogP contribution in [0.4, 0.5) is 0 Å². The molecule has 0 bridgehead atoms. The SMILES string of the molecule is CCCOCCOc1cccc(SC)c1/C(N)=N/O. The predicted octanol–water partition coefficient (Wildman–Crippen LogP) is 2.31. The molecule has 0 unspecified atom stereocenters. The lowest BCUT2D eigenvalue weighted by Gasteiger charge is -2.13. The highest BCUT2D eigenvalue weighted by Gasteiger charge is 2.13. The van der Waals surface area contributed by atoms with Gasteiger partial charge in [-0.2, -0.15) is 0 Å². The summed E-state index contributed by atoms with van der Waals surface area (Å²) in [6.07, 6.45) is 2.91. The van der Waals surface area contributed by atoms with E-state index in [0.29, 0.717) is 24.5 Å². The first kappa shape index (κ1) is 15.7. The van der Waals surface area contributed by atoms with Crippen LogP contribution in [0.2, 0.25) is 0 Å². The van der Waals surface area contributed by atoms with Crippen molar-refractivity contribution in [3.05, 3.63) is 23.8 Å². The van der Waals surface area contributed by atoms with E-state index in [-0.39, 0.29) is 5.84 Å². The lowest BCUT2D eigenvalue weighted by atomic mass is 10.2. The Morgan fingerprint density at radius 1 is 1.37 bits per heavy atom. The van der Waals surface area contributed by atoms with Gasteiger partial charge < -0.3 is 20.4 Å². The fourth-order valence-corrected chi connectivity index (χ4v) is 2.18. The van der Waals surface area contributed by atoms with Gasteiger partial charge >= 0.3 is 0 Å². The number of nitrogens with zero attached hydrogens (tertiary/aromatic N) is 1. The third-order valence-electron chi connectivity index (χ3n) is 2.41. The monoisotopic (exact) mass is 284 g/mol. The summed E-state index contributed by atoms with van der Waals surface area (Å²) in [5.74, 6) is 0.650. The van der Waals surface area contributed by atoms with Crippen LogP contribution in [0.15, 0.2) is 28.3 Å². The number of thioether (sulfide) groups is 1. The Hall–Kier alpha value is -1.40. The minimum Gasteiger partial charge on any atom is -0.490 e. The standard InChI is InChI=1S/C13H20N2O3S/c1-3-7-17-8-9-18-10-5-4-6-11(19-2)12(10)13(14)15-16/h4-6,16H,3,7-9H2,1-2H3,(H2,14,15). The average molecular weight is 284 g/mol. The van der Waals surface area contributed by atoms with E-state index < -0.39 is 0 Å². The van der Waals surface area contributed by atoms with Crippen molar-refractivity contribution in [1.29, 1.82) is 0 Å². The van der Waals surface area contributed by atoms with Crippen LogP contribution in [-0.4, -0.2) is 37.1 Å². The van der Waals surface area contributed by atoms with E-state index in [1.807, 2.05) is 18.4 Å². The Balaban J connectivity index is 2.76. The molecule has 1 aromatic rings. The first-order chi connectivity index (χ1) is 9.24. The number of benzene rings is 1. The van der Waals surface area contributed by atoms with Crippen molar-refractivity contribution in [3.63, 3.8) is 0 Å². The first-order valence-electron chi connectivity index (χ1n) is 6.10. The van der Waals surface area contributed by atoms with Crippen molar-refractivity contribution in [1.82, 2.24) is 0 Å². The lowest BCUT2D eigenvalue weighted by molar-refractivity contribution is 0.100. The van der Waals surface area contributed by atoms with E-state index in [2.05, 4.69) is 12.1 Å². The van der Waals surface area contributed by atoms with Crippen molar-refractivity contribution >= 4 is 17.6 Å². The summed E-state index contributed by atoms with van der Waals surface area (Å²) in [4.78, 5) is 0.905. The normalized spacial score (nSPS) is 11.6. The molecule has 0 aliphatic rings. The molecule has 0 radical (unpaired) electrons. The van der Waals surface area contributed by atoms with Gasteiger partial charge in [0.15, 0.2) is 5.84 Å². The number of nitrogens with two attached hydrogens (primary N) is 1. The number of ether oxygens (including phenoxy) is 2. The zero-order valence-electron chi connectivity index (χ0n) is 11.3. The Bertz CT molecular complexity index is 424. The summed E-state index contributed by atoms with van der Waals surface area (Å²) in [5.41, 5.74) is 6.32. The molecule has 3 N–H and O–H groups in total. The van der Waals surface area contributed by atoms with Gasteiger partial charge in [-0.05, 0) is 24.8 Å². The van der Waals surface area contributed by atoms with Crippen molar-refractivity contribution < 1.29 is 14.7 Å². The molecule has 0 spiro atoms. The van der Waals surface area contributed by atoms with Crippen molar-refractivity contribution in [2.75, 3.05) is 26.1 Å². The summed E-state index contributed by atoms with van der Waals surface area (Å²) in [7, 11) is 0. The molecule has 0 saturated heterocycles. The molecular formula is C13H20N2O3S. The second-order valence-electron chi connectivity index (χ2n) is 3.78. The number of oxime groups is 1. The highest BCUT2D eigenvalue weighted by atomic mass is 32.2. The molecule has 0 heterocycles. The van der Waals surface area contributed by atoms with Crippen LogP contribution in [0.5, 0.6) is 5.75 Å². The van der Waals surface area contributed by atoms with E-state index in [0.717, 1.165) is 17.9 Å². The van der Waals surface area contributed by atoms with Gasteiger partial charge in [0.05, 0.1) is 12.2 Å². The van der Waals surface area contributed by atoms with E-state index in [1.165, 1.54) is 11.8 Å². The maximum Gasteiger partial charge on any atom is 0.174 e. The highest BCUT2D eigenvalue weighted by molar-refractivity contribution is 7.98. The zero-order chi connectivity index (χ0) is 14.1. The molecule has 5 nitrogen and oxygen atoms in total. The predicted molar refractivity (Wildman–Crippen MR) is 77.3 cm³/mol. The molecule has 0 amide bonds. The summed E-state index contributed by atoms with van der Waals surface area (Å²) in [6.45, 7) is 3.73. The van der Waals surface area contributed by atoms with Crippen LogP contribution in [0.3, 0.4) is 0 Å². The molecule has 1 aromatic carbocycles. The second-order valence-corrected chi connectivity index (χ2v) is 4.63. The van der Waals surface area contributed by atoms with Gasteiger partial charge in [-0.25, -0.2) is 0 Å². The van der Waals surface area contributed by atoms with E-state index in [4.69, 9.17) is 20.4 Å². The van der Waals surface area contributed by atoms with Crippen LogP contribution in [0.1, 0.15) is 18.9 Å². The van der Waals surface area contributed by atoms with Crippen molar-refractivity contribution in [2.45, 2.75) is 18.2 Å². The van der Waals surface area contributed by atoms with Crippen LogP contribution in [0, 0.1) is 0 Å². The Morgan fingerprint density at radius 3 is 2.79 bits per heavy atom. The van der Waals surface area contributed by atoms with Crippen LogP contribution in [-0.2, 0) is 4.74 Å². The molecule has 106 valence electrons. The number of hydrogen-bond donors (Lipinski definition) is 2. The molecule has 0 atom stereocenters. The van der Waals surface area contributed by atoms with E-state index in [1.54, 1.807) is 6.07 Å². The molecular weight excluding hydrogens is 264 g/mol. The lowest BCUT2D eigenvalue weighted by Crippen LogP contribution is -2.17. The van der Waals surface area contributed by atoms with Gasteiger partial charge in [0.25, 0.3) is 0 Å². The molecule has 0 aliphatic heterocycles. The van der Waals surface area contributed by atoms with E-state index >= 15 is 0 Å². The largest absolute Gasteiger partial charge is 0.490 e. The third kappa shape index (κ3) is 4.65. The highest BCUT2D eigenvalue weighted by Crippen LogP contribution is 2.28. The summed E-state index contributed by atoms with van der Waals surface area (Å²) in [6, 6.07) is 5.58. The van der Waals surface area contributed by atoms with Crippen LogP contribution in [0.25, 0.3) is 0 Å². The van der Waals surface area contributed by atoms with Gasteiger partial charge in [-0.3, -0.25) is 0 Å². The molecule has 0 aliphatic carbocycles. The molecule has 19 heavy (non-hydrogen) atoms. The molecule has 0 saturated carbocycles. The van der Waals surface area contributed by atoms with Crippen molar-refractivity contribution in [2.24, 2.45) is 10.9 Å². The minimum absolute atomic E-state index is 0.0504. The van der Waals surface area contributed by atoms with Crippen LogP contribution >= 0.6 is 11.8 Å². The summed E-state index contributed by atoms with van der Waals surface area (Å²) >= 11 is 1.52. The van der Waals surface area contributed by atoms with Gasteiger partial charge in [-0.15, -0.1) is 11.8 Å². The Labute approximate surface area is 117 Å². The molecule has 6 heteroatoms. The smallest absolute Gasteiger partial charge is 0.174 e. The maximum absolute atomic E-state index is 8.85. The summed E-state index contributed by atoms with van der Waals surface area (Å²) < 4.78 is 11.0. The average Bonchev–Trinajstić information content (AvgIpc) is 2.45. The molecule has 0 fully saturated rings. The number of hydrogen-bond acceptors (Lipinski definition) is 5. The number of amidine groups is 1. The van der Waals surface area contributed by atoms with Gasteiger partial charge in [0.2, 0.25) is 0 Å². The van der Waals surface area contributed by atoms with Crippen LogP contribution < -0.4 is 10.5 Å². The van der Waals surface area contributed by atoms with E-state index in [9.17, 15) is 0 Å². The quantitative estimate of drug-likeness (QED) is 0.191. The fourth-order valence-electron chi connectivity index (χ4n) is 1.56. The Kier molecular flexibility index (Phi) is 7.14. The maximum atomic E-state index is 8.85. The van der Waals surface area contributed by atoms with Crippen molar-refractivity contribution in [3.8, 4) is 5.75 Å². The Morgan fingerprint density at radius 2 is 2.16 bits per heavy atom. The van der Waals surface area contributed by atoms with Gasteiger partial charge in [0, 0.05) is 11.5 Å². The summed E-state index contributed by atoms with van der Waals surface area (Å²) in [5, 5.41) is 11.9. The zero-order valence-corrected chi connectivity index (χ0v) is 12.1. The number of rotatable bonds is 8.